The molecule has 9 atom stereocenters. The molecule has 39 heavy (non-hydrogen) atoms. The molecule has 4 rings (SSSR count). The number of hydrogen-bond donors (Lipinski definition) is 0. The minimum absolute atomic E-state index is 0.0468. The first kappa shape index (κ1) is 30.1. The number of carbonyl (C=O) groups is 3. The third-order valence-corrected chi connectivity index (χ3v) is 11.5. The number of carbonyl (C=O) groups excluding carboxylic acids is 3. The molecule has 0 aromatic carbocycles. The van der Waals surface area contributed by atoms with Gasteiger partial charge >= 0.3 is 17.9 Å². The maximum atomic E-state index is 11.9. The normalized spacial score (nSPS) is 37.3. The molecule has 0 heterocycles. The summed E-state index contributed by atoms with van der Waals surface area (Å²) in [5.41, 5.74) is 1.26. The second kappa shape index (κ2) is 11.2. The molecule has 0 aromatic rings. The molecular formula is C33H52O6. The largest absolute Gasteiger partial charge is 0.462 e. The Bertz CT molecular complexity index is 983. The van der Waals surface area contributed by atoms with Crippen LogP contribution in [0, 0.1) is 40.4 Å². The van der Waals surface area contributed by atoms with Crippen molar-refractivity contribution >= 4 is 17.9 Å². The van der Waals surface area contributed by atoms with Crippen LogP contribution in [0.5, 0.6) is 0 Å². The zero-order chi connectivity index (χ0) is 28.8. The average Bonchev–Trinajstić information content (AvgIpc) is 3.17. The van der Waals surface area contributed by atoms with Crippen molar-refractivity contribution in [3.8, 4) is 0 Å². The van der Waals surface area contributed by atoms with Gasteiger partial charge in [0, 0.05) is 27.2 Å². The minimum Gasteiger partial charge on any atom is -0.462 e. The molecule has 3 fully saturated rings. The Balaban J connectivity index is 1.44. The van der Waals surface area contributed by atoms with E-state index in [1.807, 2.05) is 13.8 Å². The summed E-state index contributed by atoms with van der Waals surface area (Å²) in [6.45, 7) is 15.5. The van der Waals surface area contributed by atoms with Crippen molar-refractivity contribution in [1.82, 2.24) is 0 Å². The van der Waals surface area contributed by atoms with Crippen LogP contribution in [0.4, 0.5) is 0 Å². The second-order valence-electron chi connectivity index (χ2n) is 14.3. The van der Waals surface area contributed by atoms with E-state index in [0.29, 0.717) is 23.7 Å². The van der Waals surface area contributed by atoms with Crippen LogP contribution in [-0.4, -0.2) is 35.7 Å². The first-order chi connectivity index (χ1) is 18.2. The topological polar surface area (TPSA) is 78.9 Å². The zero-order valence-electron chi connectivity index (χ0n) is 25.6. The number of allylic oxidation sites excluding steroid dienone is 1. The van der Waals surface area contributed by atoms with Gasteiger partial charge in [-0.05, 0) is 112 Å². The van der Waals surface area contributed by atoms with Crippen molar-refractivity contribution in [2.24, 2.45) is 40.4 Å². The average molecular weight is 545 g/mol. The maximum absolute atomic E-state index is 11.9. The SMILES string of the molecule is CC(=O)OC(CC[C@@H](C)[C@H]1CC[C@H]2[C@@H]3CC=C4C[C@@H](OC(C)=O)CC[C@]4(C)[C@H]3CC[C@]12C)C(C)(C)OC(C)=O. The highest BCUT2D eigenvalue weighted by molar-refractivity contribution is 5.67. The number of fused-ring (bicyclic) bond motifs is 5. The van der Waals surface area contributed by atoms with Crippen LogP contribution in [-0.2, 0) is 28.6 Å². The molecule has 0 amide bonds. The maximum Gasteiger partial charge on any atom is 0.303 e. The molecule has 1 unspecified atom stereocenters. The molecule has 4 aliphatic rings. The van der Waals surface area contributed by atoms with Gasteiger partial charge in [0.05, 0.1) is 0 Å². The molecule has 220 valence electrons. The highest BCUT2D eigenvalue weighted by atomic mass is 16.6. The van der Waals surface area contributed by atoms with E-state index in [9.17, 15) is 14.4 Å². The number of rotatable bonds is 8. The van der Waals surface area contributed by atoms with E-state index in [4.69, 9.17) is 14.2 Å². The fraction of sp³-hybridized carbons (Fsp3) is 0.848. The van der Waals surface area contributed by atoms with Gasteiger partial charge in [-0.3, -0.25) is 14.4 Å². The van der Waals surface area contributed by atoms with E-state index in [1.165, 1.54) is 46.5 Å². The predicted octanol–water partition coefficient (Wildman–Crippen LogP) is 7.19. The van der Waals surface area contributed by atoms with E-state index >= 15 is 0 Å². The number of ether oxygens (including phenoxy) is 3. The fourth-order valence-electron chi connectivity index (χ4n) is 9.74. The van der Waals surface area contributed by atoms with Gasteiger partial charge in [-0.2, -0.15) is 0 Å². The Labute approximate surface area is 236 Å². The molecule has 0 saturated heterocycles. The Morgan fingerprint density at radius 1 is 0.949 bits per heavy atom. The van der Waals surface area contributed by atoms with Crippen molar-refractivity contribution < 1.29 is 28.6 Å². The molecule has 0 spiro atoms. The van der Waals surface area contributed by atoms with Gasteiger partial charge in [0.25, 0.3) is 0 Å². The molecule has 6 nitrogen and oxygen atoms in total. The number of esters is 3. The number of hydrogen-bond acceptors (Lipinski definition) is 6. The Morgan fingerprint density at radius 3 is 2.31 bits per heavy atom. The van der Waals surface area contributed by atoms with E-state index in [0.717, 1.165) is 49.9 Å². The van der Waals surface area contributed by atoms with Crippen LogP contribution >= 0.6 is 0 Å². The lowest BCUT2D eigenvalue weighted by atomic mass is 9.47. The molecular weight excluding hydrogens is 492 g/mol. The Kier molecular flexibility index (Phi) is 8.65. The van der Waals surface area contributed by atoms with Gasteiger partial charge in [0.15, 0.2) is 0 Å². The van der Waals surface area contributed by atoms with Gasteiger partial charge in [0.2, 0.25) is 0 Å². The molecule has 0 N–H and O–H groups in total. The quantitative estimate of drug-likeness (QED) is 0.183. The van der Waals surface area contributed by atoms with Crippen LogP contribution < -0.4 is 0 Å². The standard InChI is InChI=1S/C33H52O6/c1-20(9-14-30(38-22(3)35)31(5,6)39-23(4)36)27-12-13-28-26-11-10-24-19-25(37-21(2)34)15-17-32(24,7)29(26)16-18-33(27,28)8/h10,20,25-30H,9,11-19H2,1-8H3/t20-,25+,26+,27-,28+,29+,30?,32+,33-/m1/s1. The lowest BCUT2D eigenvalue weighted by Crippen LogP contribution is -2.51. The molecule has 3 saturated carbocycles. The summed E-state index contributed by atoms with van der Waals surface area (Å²) < 4.78 is 16.8. The van der Waals surface area contributed by atoms with E-state index in [2.05, 4.69) is 26.8 Å². The highest BCUT2D eigenvalue weighted by Crippen LogP contribution is 2.67. The van der Waals surface area contributed by atoms with Crippen molar-refractivity contribution in [1.29, 1.82) is 0 Å². The highest BCUT2D eigenvalue weighted by Gasteiger charge is 2.59. The summed E-state index contributed by atoms with van der Waals surface area (Å²) >= 11 is 0. The smallest absolute Gasteiger partial charge is 0.303 e. The van der Waals surface area contributed by atoms with Crippen LogP contribution in [0.1, 0.15) is 120 Å². The van der Waals surface area contributed by atoms with Gasteiger partial charge in [-0.15, -0.1) is 0 Å². The van der Waals surface area contributed by atoms with Crippen molar-refractivity contribution in [2.45, 2.75) is 137 Å². The molecule has 0 aliphatic heterocycles. The summed E-state index contributed by atoms with van der Waals surface area (Å²) in [4.78, 5) is 35.1. The van der Waals surface area contributed by atoms with Gasteiger partial charge in [-0.1, -0.05) is 32.4 Å². The molecule has 0 bridgehead atoms. The lowest BCUT2D eigenvalue weighted by molar-refractivity contribution is -0.179. The van der Waals surface area contributed by atoms with E-state index in [-0.39, 0.29) is 29.4 Å². The fourth-order valence-corrected chi connectivity index (χ4v) is 9.74. The lowest BCUT2D eigenvalue weighted by Gasteiger charge is -2.58. The van der Waals surface area contributed by atoms with Gasteiger partial charge in [-0.25, -0.2) is 0 Å². The minimum atomic E-state index is -0.854. The monoisotopic (exact) mass is 544 g/mol. The van der Waals surface area contributed by atoms with Crippen molar-refractivity contribution in [3.63, 3.8) is 0 Å². The zero-order valence-corrected chi connectivity index (χ0v) is 25.6. The Morgan fingerprint density at radius 2 is 1.67 bits per heavy atom. The molecule has 0 aromatic heterocycles. The van der Waals surface area contributed by atoms with Crippen molar-refractivity contribution in [2.75, 3.05) is 0 Å². The van der Waals surface area contributed by atoms with Crippen LogP contribution in [0.15, 0.2) is 11.6 Å². The van der Waals surface area contributed by atoms with Crippen LogP contribution in [0.2, 0.25) is 0 Å². The first-order valence-electron chi connectivity index (χ1n) is 15.4. The second-order valence-corrected chi connectivity index (χ2v) is 14.3. The van der Waals surface area contributed by atoms with Gasteiger partial charge < -0.3 is 14.2 Å². The van der Waals surface area contributed by atoms with Crippen LogP contribution in [0.25, 0.3) is 0 Å². The third-order valence-electron chi connectivity index (χ3n) is 11.5. The molecule has 6 heteroatoms. The summed E-state index contributed by atoms with van der Waals surface area (Å²) in [6, 6.07) is 0. The first-order valence-corrected chi connectivity index (χ1v) is 15.4. The van der Waals surface area contributed by atoms with E-state index < -0.39 is 11.7 Å². The van der Waals surface area contributed by atoms with Crippen molar-refractivity contribution in [3.05, 3.63) is 11.6 Å². The van der Waals surface area contributed by atoms with Gasteiger partial charge in [0.1, 0.15) is 17.8 Å². The summed E-state index contributed by atoms with van der Waals surface area (Å²) in [6.07, 6.45) is 13.1. The van der Waals surface area contributed by atoms with E-state index in [1.54, 1.807) is 5.57 Å². The molecule has 0 radical (unpaired) electrons. The summed E-state index contributed by atoms with van der Waals surface area (Å²) in [7, 11) is 0. The summed E-state index contributed by atoms with van der Waals surface area (Å²) in [5, 5.41) is 0. The third kappa shape index (κ3) is 5.95. The predicted molar refractivity (Wildman–Crippen MR) is 151 cm³/mol. The Hall–Kier alpha value is -1.85. The van der Waals surface area contributed by atoms with Crippen LogP contribution in [0.3, 0.4) is 0 Å². The summed E-state index contributed by atoms with van der Waals surface area (Å²) in [5.74, 6) is 2.50. The molecule has 4 aliphatic carbocycles.